The van der Waals surface area contributed by atoms with Gasteiger partial charge < -0.3 is 8.60 Å². The minimum absolute atomic E-state index is 0.0298. The summed E-state index contributed by atoms with van der Waals surface area (Å²) in [6.45, 7) is 3.88. The minimum atomic E-state index is -4.03. The summed E-state index contributed by atoms with van der Waals surface area (Å²) in [6.07, 6.45) is 3.29. The first kappa shape index (κ1) is 26.4. The molecule has 0 bridgehead atoms. The average molecular weight is 542 g/mol. The molecule has 0 fully saturated rings. The molecule has 0 aliphatic carbocycles. The number of nitrogens with one attached hydrogen (secondary N) is 1. The van der Waals surface area contributed by atoms with Gasteiger partial charge in [-0.25, -0.2) is 8.42 Å². The second-order valence-electron chi connectivity index (χ2n) is 8.79. The topological polar surface area (TPSA) is 120 Å². The number of unbranched alkanes of at least 4 members (excludes halogenated alkanes) is 1. The number of hydrogen-bond acceptors (Lipinski definition) is 7. The van der Waals surface area contributed by atoms with Gasteiger partial charge in [0.05, 0.1) is 11.8 Å². The Hall–Kier alpha value is -3.63. The molecule has 0 aliphatic rings. The maximum absolute atomic E-state index is 13.6. The van der Waals surface area contributed by atoms with Crippen molar-refractivity contribution in [2.45, 2.75) is 38.0 Å². The lowest BCUT2D eigenvalue weighted by Crippen LogP contribution is -2.10. The van der Waals surface area contributed by atoms with Crippen LogP contribution in [0.3, 0.4) is 0 Å². The second kappa shape index (κ2) is 10.4. The van der Waals surface area contributed by atoms with Crippen LogP contribution in [0.15, 0.2) is 76.0 Å². The van der Waals surface area contributed by atoms with E-state index in [0.29, 0.717) is 40.0 Å². The zero-order chi connectivity index (χ0) is 26.8. The van der Waals surface area contributed by atoms with E-state index in [9.17, 15) is 21.6 Å². The van der Waals surface area contributed by atoms with E-state index >= 15 is 0 Å². The molecule has 8 nitrogen and oxygen atoms in total. The van der Waals surface area contributed by atoms with Crippen molar-refractivity contribution < 1.29 is 30.2 Å². The van der Waals surface area contributed by atoms with E-state index in [0.717, 1.165) is 24.7 Å². The predicted molar refractivity (Wildman–Crippen MR) is 142 cm³/mol. The molecule has 4 rings (SSSR count). The zero-order valence-electron chi connectivity index (χ0n) is 20.6. The van der Waals surface area contributed by atoms with Crippen molar-refractivity contribution in [3.8, 4) is 5.75 Å². The van der Waals surface area contributed by atoms with Crippen molar-refractivity contribution in [2.24, 2.45) is 0 Å². The van der Waals surface area contributed by atoms with Crippen LogP contribution in [0.4, 0.5) is 5.69 Å². The summed E-state index contributed by atoms with van der Waals surface area (Å²) in [5.41, 5.74) is 2.37. The third kappa shape index (κ3) is 6.20. The molecule has 0 unspecified atom stereocenters. The number of hydrogen-bond donors (Lipinski definition) is 1. The van der Waals surface area contributed by atoms with Crippen LogP contribution >= 0.6 is 0 Å². The van der Waals surface area contributed by atoms with Gasteiger partial charge in [0, 0.05) is 23.1 Å². The zero-order valence-corrected chi connectivity index (χ0v) is 22.3. The molecular weight excluding hydrogens is 514 g/mol. The van der Waals surface area contributed by atoms with Gasteiger partial charge in [-0.1, -0.05) is 31.0 Å². The Labute approximate surface area is 216 Å². The van der Waals surface area contributed by atoms with Gasteiger partial charge in [0.15, 0.2) is 5.78 Å². The molecule has 194 valence electrons. The lowest BCUT2D eigenvalue weighted by Gasteiger charge is -2.08. The predicted octanol–water partition coefficient (Wildman–Crippen LogP) is 5.45. The SMILES string of the molecule is CCCCc1oc2ccc(NS(C)(=O)=O)cc2c1C(=O)c1ccc(OS(=O)(=O)c2ccc(C)cc2)cc1. The molecule has 37 heavy (non-hydrogen) atoms. The molecule has 1 heterocycles. The monoisotopic (exact) mass is 541 g/mol. The number of anilines is 1. The van der Waals surface area contributed by atoms with Crippen LogP contribution in [0.1, 0.15) is 47.0 Å². The van der Waals surface area contributed by atoms with E-state index in [1.807, 2.05) is 13.8 Å². The third-order valence-electron chi connectivity index (χ3n) is 5.68. The molecule has 0 spiro atoms. The van der Waals surface area contributed by atoms with Crippen molar-refractivity contribution in [3.63, 3.8) is 0 Å². The smallest absolute Gasteiger partial charge is 0.339 e. The Morgan fingerprint density at radius 3 is 2.24 bits per heavy atom. The number of aryl methyl sites for hydroxylation is 2. The highest BCUT2D eigenvalue weighted by molar-refractivity contribution is 7.92. The van der Waals surface area contributed by atoms with Crippen LogP contribution in [-0.2, 0) is 26.6 Å². The van der Waals surface area contributed by atoms with Gasteiger partial charge in [0.2, 0.25) is 10.0 Å². The van der Waals surface area contributed by atoms with Gasteiger partial charge in [-0.15, -0.1) is 0 Å². The molecule has 1 N–H and O–H groups in total. The number of benzene rings is 3. The van der Waals surface area contributed by atoms with Gasteiger partial charge in [-0.3, -0.25) is 9.52 Å². The van der Waals surface area contributed by atoms with Gasteiger partial charge in [-0.05, 0) is 67.9 Å². The van der Waals surface area contributed by atoms with Crippen molar-refractivity contribution in [1.29, 1.82) is 0 Å². The molecule has 0 saturated carbocycles. The Bertz CT molecular complexity index is 1650. The first-order chi connectivity index (χ1) is 17.5. The van der Waals surface area contributed by atoms with E-state index < -0.39 is 20.1 Å². The Kier molecular flexibility index (Phi) is 7.42. The van der Waals surface area contributed by atoms with Gasteiger partial charge in [-0.2, -0.15) is 8.42 Å². The summed E-state index contributed by atoms with van der Waals surface area (Å²) in [6, 6.07) is 16.9. The third-order valence-corrected chi connectivity index (χ3v) is 7.55. The molecule has 0 saturated heterocycles. The number of ketones is 1. The highest BCUT2D eigenvalue weighted by Gasteiger charge is 2.23. The number of sulfonamides is 1. The summed E-state index contributed by atoms with van der Waals surface area (Å²) in [5, 5.41) is 0.493. The fraction of sp³-hybridized carbons (Fsp3) is 0.222. The van der Waals surface area contributed by atoms with E-state index in [-0.39, 0.29) is 16.4 Å². The van der Waals surface area contributed by atoms with Crippen molar-refractivity contribution in [1.82, 2.24) is 0 Å². The van der Waals surface area contributed by atoms with E-state index in [4.69, 9.17) is 8.60 Å². The first-order valence-electron chi connectivity index (χ1n) is 11.7. The molecule has 4 aromatic rings. The average Bonchev–Trinajstić information content (AvgIpc) is 3.19. The molecule has 0 radical (unpaired) electrons. The number of carbonyl (C=O) groups excluding carboxylic acids is 1. The van der Waals surface area contributed by atoms with Gasteiger partial charge >= 0.3 is 10.1 Å². The van der Waals surface area contributed by atoms with Gasteiger partial charge in [0.1, 0.15) is 22.0 Å². The standard InChI is InChI=1S/C27H27NO7S2/c1-4-5-6-25-26(23-17-20(28-36(3,30)31)11-16-24(23)34-25)27(29)19-9-12-21(13-10-19)35-37(32,33)22-14-7-18(2)8-15-22/h7-17,28H,4-6H2,1-3H3. The van der Waals surface area contributed by atoms with Crippen LogP contribution in [0.25, 0.3) is 11.0 Å². The fourth-order valence-corrected chi connectivity index (χ4v) is 5.36. The maximum Gasteiger partial charge on any atom is 0.339 e. The molecule has 0 aliphatic heterocycles. The largest absolute Gasteiger partial charge is 0.460 e. The minimum Gasteiger partial charge on any atom is -0.460 e. The Morgan fingerprint density at radius 2 is 1.62 bits per heavy atom. The second-order valence-corrected chi connectivity index (χ2v) is 12.1. The Morgan fingerprint density at radius 1 is 0.946 bits per heavy atom. The highest BCUT2D eigenvalue weighted by Crippen LogP contribution is 2.32. The lowest BCUT2D eigenvalue weighted by atomic mass is 9.98. The van der Waals surface area contributed by atoms with Crippen LogP contribution in [0.2, 0.25) is 0 Å². The maximum atomic E-state index is 13.6. The molecule has 1 aromatic heterocycles. The van der Waals surface area contributed by atoms with E-state index in [1.54, 1.807) is 30.3 Å². The number of furan rings is 1. The summed E-state index contributed by atoms with van der Waals surface area (Å²) in [5.74, 6) is 0.259. The van der Waals surface area contributed by atoms with E-state index in [1.165, 1.54) is 36.4 Å². The van der Waals surface area contributed by atoms with E-state index in [2.05, 4.69) is 4.72 Å². The quantitative estimate of drug-likeness (QED) is 0.209. The van der Waals surface area contributed by atoms with Crippen LogP contribution in [0.5, 0.6) is 5.75 Å². The number of carbonyl (C=O) groups is 1. The van der Waals surface area contributed by atoms with Crippen LogP contribution < -0.4 is 8.91 Å². The van der Waals surface area contributed by atoms with Crippen LogP contribution in [-0.4, -0.2) is 28.9 Å². The summed E-state index contributed by atoms with van der Waals surface area (Å²) >= 11 is 0. The molecule has 10 heteroatoms. The lowest BCUT2D eigenvalue weighted by molar-refractivity contribution is 0.103. The van der Waals surface area contributed by atoms with Crippen molar-refractivity contribution in [2.75, 3.05) is 11.0 Å². The highest BCUT2D eigenvalue weighted by atomic mass is 32.2. The number of fused-ring (bicyclic) bond motifs is 1. The summed E-state index contributed by atoms with van der Waals surface area (Å²) < 4.78 is 62.2. The van der Waals surface area contributed by atoms with Crippen LogP contribution in [0, 0.1) is 6.92 Å². The number of rotatable bonds is 10. The summed E-state index contributed by atoms with van der Waals surface area (Å²) in [7, 11) is -7.54. The molecule has 0 amide bonds. The first-order valence-corrected chi connectivity index (χ1v) is 15.0. The molecular formula is C27H27NO7S2. The van der Waals surface area contributed by atoms with Crippen molar-refractivity contribution in [3.05, 3.63) is 89.2 Å². The molecule has 0 atom stereocenters. The fourth-order valence-electron chi connectivity index (χ4n) is 3.87. The summed E-state index contributed by atoms with van der Waals surface area (Å²) in [4.78, 5) is 13.6. The Balaban J connectivity index is 1.66. The van der Waals surface area contributed by atoms with Gasteiger partial charge in [0.25, 0.3) is 0 Å². The molecule has 3 aromatic carbocycles. The van der Waals surface area contributed by atoms with Crippen molar-refractivity contribution >= 4 is 42.6 Å². The normalized spacial score (nSPS) is 12.0.